The molecule has 0 bridgehead atoms. The van der Waals surface area contributed by atoms with Crippen molar-refractivity contribution < 1.29 is 22.0 Å². The maximum atomic E-state index is 15.0. The Kier molecular flexibility index (Phi) is 7.11. The van der Waals surface area contributed by atoms with Crippen LogP contribution in [0.2, 0.25) is 0 Å². The fraction of sp³-hybridized carbons (Fsp3) is 0.630. The number of alkyl halides is 3. The second-order valence-electron chi connectivity index (χ2n) is 10.0. The lowest BCUT2D eigenvalue weighted by molar-refractivity contribution is -0.140. The molecule has 2 aliphatic carbocycles. The van der Waals surface area contributed by atoms with Gasteiger partial charge in [-0.1, -0.05) is 57.6 Å². The third-order valence-electron chi connectivity index (χ3n) is 8.00. The number of benzene rings is 2. The van der Waals surface area contributed by atoms with E-state index in [0.717, 1.165) is 31.2 Å². The molecule has 4 rings (SSSR count). The summed E-state index contributed by atoms with van der Waals surface area (Å²) in [6.07, 6.45) is 7.15. The summed E-state index contributed by atoms with van der Waals surface area (Å²) in [7, 11) is 0. The van der Waals surface area contributed by atoms with Crippen molar-refractivity contribution in [2.45, 2.75) is 89.6 Å². The molecular weight excluding hydrogens is 419 g/mol. The maximum Gasteiger partial charge on any atom is 0.419 e. The first-order valence-electron chi connectivity index (χ1n) is 12.3. The smallest absolute Gasteiger partial charge is 0.206 e. The van der Waals surface area contributed by atoms with Gasteiger partial charge >= 0.3 is 6.18 Å². The van der Waals surface area contributed by atoms with Crippen molar-refractivity contribution >= 4 is 10.8 Å². The number of fused-ring (bicyclic) bond motifs is 2. The highest BCUT2D eigenvalue weighted by Crippen LogP contribution is 2.51. The first kappa shape index (κ1) is 23.5. The number of halogens is 5. The molecule has 0 nitrogen and oxygen atoms in total. The number of hydrogen-bond donors (Lipinski definition) is 0. The van der Waals surface area contributed by atoms with Crippen LogP contribution in [0, 0.1) is 29.4 Å². The van der Waals surface area contributed by atoms with Crippen LogP contribution in [0.25, 0.3) is 10.8 Å². The Bertz CT molecular complexity index is 932. The Balaban J connectivity index is 1.54. The van der Waals surface area contributed by atoms with Gasteiger partial charge in [-0.25, -0.2) is 8.78 Å². The molecule has 2 aliphatic rings. The fourth-order valence-electron chi connectivity index (χ4n) is 6.38. The quantitative estimate of drug-likeness (QED) is 0.302. The summed E-state index contributed by atoms with van der Waals surface area (Å²) in [5, 5.41) is -0.343. The van der Waals surface area contributed by atoms with E-state index in [2.05, 4.69) is 6.92 Å². The van der Waals surface area contributed by atoms with E-state index in [1.54, 1.807) is 0 Å². The van der Waals surface area contributed by atoms with Crippen LogP contribution in [-0.2, 0) is 6.18 Å². The average molecular weight is 453 g/mol. The summed E-state index contributed by atoms with van der Waals surface area (Å²) < 4.78 is 71.0. The van der Waals surface area contributed by atoms with Gasteiger partial charge in [0.1, 0.15) is 11.6 Å². The van der Waals surface area contributed by atoms with Crippen molar-refractivity contribution in [3.63, 3.8) is 0 Å². The molecule has 2 unspecified atom stereocenters. The average Bonchev–Trinajstić information content (AvgIpc) is 2.75. The SMILES string of the molecule is CCCCCC[C@@H]1CC[C@@H]2CC(c3cc4cccc(F)c4c(F)c3C(F)(F)F)CCC2C1. The lowest BCUT2D eigenvalue weighted by Crippen LogP contribution is -2.31. The van der Waals surface area contributed by atoms with Gasteiger partial charge in [-0.2, -0.15) is 13.2 Å². The predicted octanol–water partition coefficient (Wildman–Crippen LogP) is 9.41. The Morgan fingerprint density at radius 2 is 1.66 bits per heavy atom. The summed E-state index contributed by atoms with van der Waals surface area (Å²) >= 11 is 0. The number of unbranched alkanes of at least 4 members (excludes halogenated alkanes) is 3. The first-order chi connectivity index (χ1) is 15.3. The van der Waals surface area contributed by atoms with Crippen LogP contribution in [0.3, 0.4) is 0 Å². The van der Waals surface area contributed by atoms with Gasteiger partial charge in [0.2, 0.25) is 0 Å². The van der Waals surface area contributed by atoms with Gasteiger partial charge in [0.25, 0.3) is 0 Å². The van der Waals surface area contributed by atoms with E-state index in [9.17, 15) is 17.6 Å². The summed E-state index contributed by atoms with van der Waals surface area (Å²) in [5.74, 6) is -0.993. The number of hydrogen-bond acceptors (Lipinski definition) is 0. The van der Waals surface area contributed by atoms with Gasteiger partial charge in [-0.05, 0) is 78.9 Å². The van der Waals surface area contributed by atoms with Gasteiger partial charge in [-0.15, -0.1) is 0 Å². The normalized spacial score (nSPS) is 26.3. The van der Waals surface area contributed by atoms with E-state index >= 15 is 4.39 Å². The van der Waals surface area contributed by atoms with Crippen LogP contribution < -0.4 is 0 Å². The summed E-state index contributed by atoms with van der Waals surface area (Å²) in [4.78, 5) is 0. The summed E-state index contributed by atoms with van der Waals surface area (Å²) in [5.41, 5.74) is -1.24. The lowest BCUT2D eigenvalue weighted by Gasteiger charge is -2.43. The molecule has 0 saturated heterocycles. The van der Waals surface area contributed by atoms with E-state index in [1.165, 1.54) is 56.7 Å². The van der Waals surface area contributed by atoms with E-state index in [0.29, 0.717) is 24.7 Å². The Hall–Kier alpha value is -1.65. The largest absolute Gasteiger partial charge is 0.419 e. The van der Waals surface area contributed by atoms with Crippen molar-refractivity contribution in [2.75, 3.05) is 0 Å². The first-order valence-corrected chi connectivity index (χ1v) is 12.3. The third-order valence-corrected chi connectivity index (χ3v) is 8.00. The molecule has 0 aromatic heterocycles. The molecule has 0 radical (unpaired) electrons. The molecule has 2 aromatic rings. The van der Waals surface area contributed by atoms with Crippen molar-refractivity contribution in [1.82, 2.24) is 0 Å². The van der Waals surface area contributed by atoms with Gasteiger partial charge in [0.05, 0.1) is 10.9 Å². The van der Waals surface area contributed by atoms with Gasteiger partial charge in [0.15, 0.2) is 0 Å². The van der Waals surface area contributed by atoms with E-state index in [4.69, 9.17) is 0 Å². The molecule has 0 N–H and O–H groups in total. The van der Waals surface area contributed by atoms with Gasteiger partial charge in [0, 0.05) is 0 Å². The second-order valence-corrected chi connectivity index (χ2v) is 10.0. The van der Waals surface area contributed by atoms with Crippen molar-refractivity contribution in [3.8, 4) is 0 Å². The van der Waals surface area contributed by atoms with Crippen molar-refractivity contribution in [3.05, 3.63) is 47.0 Å². The maximum absolute atomic E-state index is 15.0. The lowest BCUT2D eigenvalue weighted by atomic mass is 9.63. The highest BCUT2D eigenvalue weighted by molar-refractivity contribution is 5.86. The minimum atomic E-state index is -4.84. The molecule has 0 spiro atoms. The zero-order valence-electron chi connectivity index (χ0n) is 18.8. The Morgan fingerprint density at radius 3 is 2.41 bits per heavy atom. The Labute approximate surface area is 187 Å². The molecule has 5 heteroatoms. The minimum Gasteiger partial charge on any atom is -0.206 e. The van der Waals surface area contributed by atoms with E-state index < -0.39 is 28.8 Å². The molecule has 0 heterocycles. The molecule has 176 valence electrons. The van der Waals surface area contributed by atoms with Crippen LogP contribution >= 0.6 is 0 Å². The zero-order chi connectivity index (χ0) is 22.9. The molecule has 0 amide bonds. The number of rotatable bonds is 6. The molecule has 2 saturated carbocycles. The van der Waals surface area contributed by atoms with Crippen molar-refractivity contribution in [1.29, 1.82) is 0 Å². The summed E-state index contributed by atoms with van der Waals surface area (Å²) in [6, 6.07) is 5.33. The van der Waals surface area contributed by atoms with E-state index in [-0.39, 0.29) is 16.9 Å². The summed E-state index contributed by atoms with van der Waals surface area (Å²) in [6.45, 7) is 2.21. The Morgan fingerprint density at radius 1 is 0.906 bits per heavy atom. The highest BCUT2D eigenvalue weighted by Gasteiger charge is 2.42. The molecule has 4 atom stereocenters. The fourth-order valence-corrected chi connectivity index (χ4v) is 6.38. The minimum absolute atomic E-state index is 0.0215. The molecular formula is C27H33F5. The van der Waals surface area contributed by atoms with Crippen LogP contribution in [0.15, 0.2) is 24.3 Å². The predicted molar refractivity (Wildman–Crippen MR) is 119 cm³/mol. The van der Waals surface area contributed by atoms with Gasteiger partial charge < -0.3 is 0 Å². The van der Waals surface area contributed by atoms with Gasteiger partial charge in [-0.3, -0.25) is 0 Å². The highest BCUT2D eigenvalue weighted by atomic mass is 19.4. The van der Waals surface area contributed by atoms with Crippen LogP contribution in [0.4, 0.5) is 22.0 Å². The molecule has 32 heavy (non-hydrogen) atoms. The molecule has 2 fully saturated rings. The zero-order valence-corrected chi connectivity index (χ0v) is 18.8. The monoisotopic (exact) mass is 452 g/mol. The van der Waals surface area contributed by atoms with Crippen LogP contribution in [-0.4, -0.2) is 0 Å². The van der Waals surface area contributed by atoms with Crippen LogP contribution in [0.1, 0.15) is 94.6 Å². The van der Waals surface area contributed by atoms with E-state index in [1.807, 2.05) is 0 Å². The second kappa shape index (κ2) is 9.69. The van der Waals surface area contributed by atoms with Crippen molar-refractivity contribution in [2.24, 2.45) is 17.8 Å². The molecule has 2 aromatic carbocycles. The third kappa shape index (κ3) is 4.82. The molecule has 0 aliphatic heterocycles. The standard InChI is InChI=1S/C27H33F5/c1-2-3-4-5-7-17-10-11-19-15-20(13-12-18(19)14-17)22-16-21-8-6-9-23(28)24(21)26(29)25(22)27(30,31)32/h6,8-9,16-20H,2-5,7,10-15H2,1H3/t17-,18?,19-,20?/m1/s1. The van der Waals surface area contributed by atoms with Crippen LogP contribution in [0.5, 0.6) is 0 Å². The topological polar surface area (TPSA) is 0 Å².